The van der Waals surface area contributed by atoms with Crippen LogP contribution in [0.15, 0.2) is 78.9 Å². The zero-order chi connectivity index (χ0) is 19.8. The summed E-state index contributed by atoms with van der Waals surface area (Å²) in [6, 6.07) is 24.9. The second kappa shape index (κ2) is 9.60. The number of ether oxygens (including phenoxy) is 2. The molecule has 3 rings (SSSR count). The third-order valence-electron chi connectivity index (χ3n) is 4.58. The van der Waals surface area contributed by atoms with Crippen molar-refractivity contribution in [3.63, 3.8) is 0 Å². The van der Waals surface area contributed by atoms with Crippen molar-refractivity contribution in [2.45, 2.75) is 26.0 Å². The van der Waals surface area contributed by atoms with Crippen molar-refractivity contribution < 1.29 is 14.3 Å². The van der Waals surface area contributed by atoms with Crippen LogP contribution in [0.25, 0.3) is 0 Å². The molecule has 0 aliphatic heterocycles. The standard InChI is InChI=1S/C24H25NO3/c1-3-23(19-12-14-21(27-2)15-13-19)25-24(26)20-10-7-11-22(16-20)28-17-18-8-5-4-6-9-18/h4-16,23H,3,17H2,1-2H3,(H,25,26)/t23-/m1/s1. The summed E-state index contributed by atoms with van der Waals surface area (Å²) in [5, 5.41) is 3.10. The van der Waals surface area contributed by atoms with Gasteiger partial charge in [-0.15, -0.1) is 0 Å². The van der Waals surface area contributed by atoms with Crippen LogP contribution in [0.5, 0.6) is 11.5 Å². The molecule has 0 aliphatic rings. The number of carbonyl (C=O) groups is 1. The minimum atomic E-state index is -0.118. The summed E-state index contributed by atoms with van der Waals surface area (Å²) in [4.78, 5) is 12.7. The minimum absolute atomic E-state index is 0.0627. The Morgan fingerprint density at radius 1 is 0.929 bits per heavy atom. The van der Waals surface area contributed by atoms with Crippen molar-refractivity contribution in [3.05, 3.63) is 95.6 Å². The third-order valence-corrected chi connectivity index (χ3v) is 4.58. The molecule has 0 saturated carbocycles. The molecule has 0 aliphatic carbocycles. The van der Waals surface area contributed by atoms with Gasteiger partial charge in [0.05, 0.1) is 13.2 Å². The van der Waals surface area contributed by atoms with E-state index in [0.29, 0.717) is 17.9 Å². The summed E-state index contributed by atoms with van der Waals surface area (Å²) in [7, 11) is 1.64. The largest absolute Gasteiger partial charge is 0.497 e. The quantitative estimate of drug-likeness (QED) is 0.592. The maximum atomic E-state index is 12.7. The van der Waals surface area contributed by atoms with Gasteiger partial charge in [-0.2, -0.15) is 0 Å². The number of rotatable bonds is 8. The minimum Gasteiger partial charge on any atom is -0.497 e. The third kappa shape index (κ3) is 5.13. The first-order chi connectivity index (χ1) is 13.7. The predicted molar refractivity (Wildman–Crippen MR) is 111 cm³/mol. The van der Waals surface area contributed by atoms with Crippen LogP contribution in [0, 0.1) is 0 Å². The molecule has 0 radical (unpaired) electrons. The number of amides is 1. The van der Waals surface area contributed by atoms with E-state index in [1.165, 1.54) is 0 Å². The number of hydrogen-bond acceptors (Lipinski definition) is 3. The Kier molecular flexibility index (Phi) is 6.68. The van der Waals surface area contributed by atoms with Crippen LogP contribution in [-0.2, 0) is 6.61 Å². The molecular formula is C24H25NO3. The maximum Gasteiger partial charge on any atom is 0.251 e. The molecular weight excluding hydrogens is 350 g/mol. The molecule has 1 amide bonds. The second-order valence-corrected chi connectivity index (χ2v) is 6.51. The van der Waals surface area contributed by atoms with Crippen molar-refractivity contribution in [2.24, 2.45) is 0 Å². The zero-order valence-corrected chi connectivity index (χ0v) is 16.2. The molecule has 3 aromatic carbocycles. The Hall–Kier alpha value is -3.27. The number of carbonyl (C=O) groups excluding carboxylic acids is 1. The molecule has 0 heterocycles. The van der Waals surface area contributed by atoms with E-state index in [9.17, 15) is 4.79 Å². The molecule has 1 atom stereocenters. The van der Waals surface area contributed by atoms with Crippen molar-refractivity contribution in [1.82, 2.24) is 5.32 Å². The van der Waals surface area contributed by atoms with Crippen LogP contribution < -0.4 is 14.8 Å². The molecule has 0 bridgehead atoms. The highest BCUT2D eigenvalue weighted by Crippen LogP contribution is 2.21. The van der Waals surface area contributed by atoms with Gasteiger partial charge in [0, 0.05) is 5.56 Å². The van der Waals surface area contributed by atoms with Crippen molar-refractivity contribution in [2.75, 3.05) is 7.11 Å². The topological polar surface area (TPSA) is 47.6 Å². The highest BCUT2D eigenvalue weighted by molar-refractivity contribution is 5.94. The lowest BCUT2D eigenvalue weighted by Crippen LogP contribution is -2.28. The van der Waals surface area contributed by atoms with Gasteiger partial charge in [0.1, 0.15) is 18.1 Å². The molecule has 144 valence electrons. The van der Waals surface area contributed by atoms with Gasteiger partial charge in [0.15, 0.2) is 0 Å². The molecule has 0 spiro atoms. The van der Waals surface area contributed by atoms with Gasteiger partial charge in [0.2, 0.25) is 0 Å². The highest BCUT2D eigenvalue weighted by atomic mass is 16.5. The van der Waals surface area contributed by atoms with Gasteiger partial charge < -0.3 is 14.8 Å². The summed E-state index contributed by atoms with van der Waals surface area (Å²) in [5.74, 6) is 1.36. The number of methoxy groups -OCH3 is 1. The fraction of sp³-hybridized carbons (Fsp3) is 0.208. The van der Waals surface area contributed by atoms with E-state index >= 15 is 0 Å². The summed E-state index contributed by atoms with van der Waals surface area (Å²) >= 11 is 0. The molecule has 0 fully saturated rings. The fourth-order valence-electron chi connectivity index (χ4n) is 2.97. The maximum absolute atomic E-state index is 12.7. The van der Waals surface area contributed by atoms with Crippen molar-refractivity contribution in [1.29, 1.82) is 0 Å². The Labute approximate surface area is 166 Å². The molecule has 28 heavy (non-hydrogen) atoms. The monoisotopic (exact) mass is 375 g/mol. The Morgan fingerprint density at radius 2 is 1.68 bits per heavy atom. The Bertz CT molecular complexity index is 891. The molecule has 0 unspecified atom stereocenters. The van der Waals surface area contributed by atoms with E-state index in [2.05, 4.69) is 12.2 Å². The zero-order valence-electron chi connectivity index (χ0n) is 16.2. The number of benzene rings is 3. The van der Waals surface area contributed by atoms with Gasteiger partial charge in [0.25, 0.3) is 5.91 Å². The average Bonchev–Trinajstić information content (AvgIpc) is 2.77. The Morgan fingerprint density at radius 3 is 2.36 bits per heavy atom. The number of nitrogens with one attached hydrogen (secondary N) is 1. The van der Waals surface area contributed by atoms with E-state index in [1.54, 1.807) is 19.2 Å². The summed E-state index contributed by atoms with van der Waals surface area (Å²) < 4.78 is 11.0. The smallest absolute Gasteiger partial charge is 0.251 e. The van der Waals surface area contributed by atoms with Crippen molar-refractivity contribution >= 4 is 5.91 Å². The first kappa shape index (κ1) is 19.5. The first-order valence-corrected chi connectivity index (χ1v) is 9.41. The lowest BCUT2D eigenvalue weighted by molar-refractivity contribution is 0.0935. The van der Waals surface area contributed by atoms with Crippen LogP contribution in [-0.4, -0.2) is 13.0 Å². The van der Waals surface area contributed by atoms with Crippen LogP contribution in [0.2, 0.25) is 0 Å². The second-order valence-electron chi connectivity index (χ2n) is 6.51. The first-order valence-electron chi connectivity index (χ1n) is 9.41. The van der Waals surface area contributed by atoms with E-state index < -0.39 is 0 Å². The van der Waals surface area contributed by atoms with E-state index in [1.807, 2.05) is 66.7 Å². The molecule has 1 N–H and O–H groups in total. The van der Waals surface area contributed by atoms with Crippen LogP contribution >= 0.6 is 0 Å². The van der Waals surface area contributed by atoms with Gasteiger partial charge in [-0.05, 0) is 47.9 Å². The fourth-order valence-corrected chi connectivity index (χ4v) is 2.97. The number of hydrogen-bond donors (Lipinski definition) is 1. The normalized spacial score (nSPS) is 11.5. The van der Waals surface area contributed by atoms with Gasteiger partial charge in [-0.25, -0.2) is 0 Å². The van der Waals surface area contributed by atoms with E-state index in [-0.39, 0.29) is 11.9 Å². The van der Waals surface area contributed by atoms with Gasteiger partial charge in [-0.3, -0.25) is 4.79 Å². The molecule has 0 saturated heterocycles. The lowest BCUT2D eigenvalue weighted by Gasteiger charge is -2.18. The Balaban J connectivity index is 1.65. The lowest BCUT2D eigenvalue weighted by atomic mass is 10.0. The van der Waals surface area contributed by atoms with Gasteiger partial charge >= 0.3 is 0 Å². The molecule has 0 aromatic heterocycles. The summed E-state index contributed by atoms with van der Waals surface area (Å²) in [6.07, 6.45) is 0.794. The molecule has 3 aromatic rings. The molecule has 4 heteroatoms. The van der Waals surface area contributed by atoms with E-state index in [0.717, 1.165) is 23.3 Å². The van der Waals surface area contributed by atoms with Crippen molar-refractivity contribution in [3.8, 4) is 11.5 Å². The van der Waals surface area contributed by atoms with Crippen LogP contribution in [0.4, 0.5) is 0 Å². The molecule has 4 nitrogen and oxygen atoms in total. The highest BCUT2D eigenvalue weighted by Gasteiger charge is 2.15. The predicted octanol–water partition coefficient (Wildman–Crippen LogP) is 5.16. The summed E-state index contributed by atoms with van der Waals surface area (Å²) in [5.41, 5.74) is 2.72. The van der Waals surface area contributed by atoms with Crippen LogP contribution in [0.3, 0.4) is 0 Å². The SMILES string of the molecule is CC[C@@H](NC(=O)c1cccc(OCc2ccccc2)c1)c1ccc(OC)cc1. The van der Waals surface area contributed by atoms with Crippen LogP contribution in [0.1, 0.15) is 40.9 Å². The van der Waals surface area contributed by atoms with E-state index in [4.69, 9.17) is 9.47 Å². The summed E-state index contributed by atoms with van der Waals surface area (Å²) in [6.45, 7) is 2.52. The average molecular weight is 375 g/mol. The van der Waals surface area contributed by atoms with Gasteiger partial charge in [-0.1, -0.05) is 55.5 Å².